The minimum atomic E-state index is 0.123. The van der Waals surface area contributed by atoms with Crippen LogP contribution in [0.15, 0.2) is 23.3 Å². The molecule has 2 rings (SSSR count). The maximum atomic E-state index is 5.16. The first-order valence-electron chi connectivity index (χ1n) is 8.73. The molecular formula is C18H31N5O. The Morgan fingerprint density at radius 2 is 2.04 bits per heavy atom. The molecule has 6 nitrogen and oxygen atoms in total. The van der Waals surface area contributed by atoms with Crippen molar-refractivity contribution < 1.29 is 4.74 Å². The third-order valence-electron chi connectivity index (χ3n) is 4.59. The summed E-state index contributed by atoms with van der Waals surface area (Å²) in [6.07, 6.45) is 5.73. The largest absolute Gasteiger partial charge is 0.481 e. The summed E-state index contributed by atoms with van der Waals surface area (Å²) in [5, 5.41) is 6.81. The molecule has 0 atom stereocenters. The van der Waals surface area contributed by atoms with Crippen molar-refractivity contribution in [1.82, 2.24) is 20.5 Å². The van der Waals surface area contributed by atoms with Crippen LogP contribution >= 0.6 is 0 Å². The van der Waals surface area contributed by atoms with Crippen LogP contribution in [0.2, 0.25) is 0 Å². The van der Waals surface area contributed by atoms with Crippen molar-refractivity contribution in [2.45, 2.75) is 45.2 Å². The van der Waals surface area contributed by atoms with Gasteiger partial charge in [-0.15, -0.1) is 0 Å². The molecule has 1 aromatic rings. The standard InChI is InChI=1S/C18H31N5O/c1-18(2,23-10-6-5-7-11-23)14-22-17(19-3)21-13-15-8-9-20-16(12-15)24-4/h8-9,12H,5-7,10-11,13-14H2,1-4H3,(H2,19,21,22). The zero-order valence-corrected chi connectivity index (χ0v) is 15.4. The number of likely N-dealkylation sites (tertiary alicyclic amines) is 1. The molecule has 1 saturated heterocycles. The zero-order chi connectivity index (χ0) is 17.4. The molecule has 6 heteroatoms. The molecule has 2 heterocycles. The van der Waals surface area contributed by atoms with Crippen LogP contribution in [0.3, 0.4) is 0 Å². The fourth-order valence-electron chi connectivity index (χ4n) is 2.99. The lowest BCUT2D eigenvalue weighted by Gasteiger charge is -2.41. The highest BCUT2D eigenvalue weighted by Crippen LogP contribution is 2.19. The van der Waals surface area contributed by atoms with Crippen LogP contribution in [0, 0.1) is 0 Å². The lowest BCUT2D eigenvalue weighted by atomic mass is 9.98. The first kappa shape index (κ1) is 18.5. The summed E-state index contributed by atoms with van der Waals surface area (Å²) < 4.78 is 5.16. The van der Waals surface area contributed by atoms with Gasteiger partial charge in [0.05, 0.1) is 7.11 Å². The molecule has 0 bridgehead atoms. The number of guanidine groups is 1. The molecule has 1 aliphatic heterocycles. The summed E-state index contributed by atoms with van der Waals surface area (Å²) in [5.74, 6) is 1.44. The van der Waals surface area contributed by atoms with Crippen molar-refractivity contribution in [2.24, 2.45) is 4.99 Å². The molecule has 2 N–H and O–H groups in total. The second kappa shape index (κ2) is 8.87. The van der Waals surface area contributed by atoms with E-state index in [1.165, 1.54) is 32.4 Å². The highest BCUT2D eigenvalue weighted by molar-refractivity contribution is 5.79. The Labute approximate surface area is 145 Å². The van der Waals surface area contributed by atoms with Crippen molar-refractivity contribution in [1.29, 1.82) is 0 Å². The molecule has 0 aliphatic carbocycles. The topological polar surface area (TPSA) is 61.8 Å². The van der Waals surface area contributed by atoms with E-state index in [4.69, 9.17) is 4.74 Å². The van der Waals surface area contributed by atoms with Crippen LogP contribution in [0.25, 0.3) is 0 Å². The Morgan fingerprint density at radius 3 is 2.71 bits per heavy atom. The van der Waals surface area contributed by atoms with Crippen molar-refractivity contribution in [3.05, 3.63) is 23.9 Å². The Hall–Kier alpha value is -1.82. The van der Waals surface area contributed by atoms with E-state index in [0.717, 1.165) is 18.1 Å². The van der Waals surface area contributed by atoms with Gasteiger partial charge in [0.25, 0.3) is 0 Å². The van der Waals surface area contributed by atoms with Gasteiger partial charge in [0.2, 0.25) is 5.88 Å². The van der Waals surface area contributed by atoms with Gasteiger partial charge >= 0.3 is 0 Å². The summed E-state index contributed by atoms with van der Waals surface area (Å²) in [6.45, 7) is 8.53. The number of piperidine rings is 1. The van der Waals surface area contributed by atoms with Crippen LogP contribution in [0.5, 0.6) is 5.88 Å². The molecule has 0 amide bonds. The highest BCUT2D eigenvalue weighted by Gasteiger charge is 2.27. The molecule has 1 aliphatic rings. The van der Waals surface area contributed by atoms with Gasteiger partial charge in [-0.25, -0.2) is 4.98 Å². The Balaban J connectivity index is 1.83. The minimum absolute atomic E-state index is 0.123. The van der Waals surface area contributed by atoms with Gasteiger partial charge in [0, 0.05) is 37.9 Å². The summed E-state index contributed by atoms with van der Waals surface area (Å²) in [4.78, 5) is 11.0. The zero-order valence-electron chi connectivity index (χ0n) is 15.4. The first-order chi connectivity index (χ1) is 11.5. The second-order valence-corrected chi connectivity index (χ2v) is 6.85. The fourth-order valence-corrected chi connectivity index (χ4v) is 2.99. The summed E-state index contributed by atoms with van der Waals surface area (Å²) >= 11 is 0. The van der Waals surface area contributed by atoms with Crippen molar-refractivity contribution in [3.63, 3.8) is 0 Å². The van der Waals surface area contributed by atoms with E-state index in [1.54, 1.807) is 20.4 Å². The predicted molar refractivity (Wildman–Crippen MR) is 98.5 cm³/mol. The summed E-state index contributed by atoms with van der Waals surface area (Å²) in [5.41, 5.74) is 1.23. The molecular weight excluding hydrogens is 302 g/mol. The third kappa shape index (κ3) is 5.37. The number of nitrogens with one attached hydrogen (secondary N) is 2. The molecule has 0 unspecified atom stereocenters. The van der Waals surface area contributed by atoms with Crippen LogP contribution in [-0.4, -0.2) is 55.2 Å². The van der Waals surface area contributed by atoms with Crippen LogP contribution < -0.4 is 15.4 Å². The van der Waals surface area contributed by atoms with E-state index in [-0.39, 0.29) is 5.54 Å². The minimum Gasteiger partial charge on any atom is -0.481 e. The number of hydrogen-bond acceptors (Lipinski definition) is 4. The van der Waals surface area contributed by atoms with E-state index >= 15 is 0 Å². The Bertz CT molecular complexity index is 538. The van der Waals surface area contributed by atoms with E-state index in [0.29, 0.717) is 12.4 Å². The molecule has 0 radical (unpaired) electrons. The van der Waals surface area contributed by atoms with Gasteiger partial charge in [-0.05, 0) is 51.4 Å². The molecule has 0 spiro atoms. The number of hydrogen-bond donors (Lipinski definition) is 2. The van der Waals surface area contributed by atoms with E-state index < -0.39 is 0 Å². The number of nitrogens with zero attached hydrogens (tertiary/aromatic N) is 3. The second-order valence-electron chi connectivity index (χ2n) is 6.85. The van der Waals surface area contributed by atoms with Crippen LogP contribution in [0.4, 0.5) is 0 Å². The molecule has 1 aromatic heterocycles. The van der Waals surface area contributed by atoms with Crippen LogP contribution in [0.1, 0.15) is 38.7 Å². The molecule has 1 fully saturated rings. The summed E-state index contributed by atoms with van der Waals surface area (Å²) in [7, 11) is 3.43. The van der Waals surface area contributed by atoms with Crippen molar-refractivity contribution in [3.8, 4) is 5.88 Å². The average Bonchev–Trinajstić information content (AvgIpc) is 2.62. The van der Waals surface area contributed by atoms with E-state index in [2.05, 4.69) is 39.4 Å². The Morgan fingerprint density at radius 1 is 1.29 bits per heavy atom. The fraction of sp³-hybridized carbons (Fsp3) is 0.667. The van der Waals surface area contributed by atoms with Gasteiger partial charge in [0.15, 0.2) is 5.96 Å². The normalized spacial score (nSPS) is 16.8. The van der Waals surface area contributed by atoms with Gasteiger partial charge < -0.3 is 15.4 Å². The Kier molecular flexibility index (Phi) is 6.85. The maximum absolute atomic E-state index is 5.16. The van der Waals surface area contributed by atoms with Crippen LogP contribution in [-0.2, 0) is 6.54 Å². The van der Waals surface area contributed by atoms with E-state index in [1.807, 2.05) is 12.1 Å². The molecule has 0 saturated carbocycles. The van der Waals surface area contributed by atoms with Crippen molar-refractivity contribution >= 4 is 5.96 Å². The lowest BCUT2D eigenvalue weighted by Crippen LogP contribution is -2.54. The van der Waals surface area contributed by atoms with Gasteiger partial charge in [0.1, 0.15) is 0 Å². The smallest absolute Gasteiger partial charge is 0.213 e. The number of aliphatic imine (C=N–C) groups is 1. The highest BCUT2D eigenvalue weighted by atomic mass is 16.5. The van der Waals surface area contributed by atoms with Gasteiger partial charge in [-0.2, -0.15) is 0 Å². The molecule has 0 aromatic carbocycles. The third-order valence-corrected chi connectivity index (χ3v) is 4.59. The lowest BCUT2D eigenvalue weighted by molar-refractivity contribution is 0.0982. The number of pyridine rings is 1. The SMILES string of the molecule is CN=C(NCc1ccnc(OC)c1)NCC(C)(C)N1CCCCC1. The number of aromatic nitrogens is 1. The monoisotopic (exact) mass is 333 g/mol. The average molecular weight is 333 g/mol. The van der Waals surface area contributed by atoms with Gasteiger partial charge in [-0.1, -0.05) is 6.42 Å². The predicted octanol–water partition coefficient (Wildman–Crippen LogP) is 2.02. The van der Waals surface area contributed by atoms with Gasteiger partial charge in [-0.3, -0.25) is 9.89 Å². The summed E-state index contributed by atoms with van der Waals surface area (Å²) in [6, 6.07) is 3.90. The molecule has 134 valence electrons. The maximum Gasteiger partial charge on any atom is 0.213 e. The first-order valence-corrected chi connectivity index (χ1v) is 8.73. The van der Waals surface area contributed by atoms with E-state index in [9.17, 15) is 0 Å². The van der Waals surface area contributed by atoms with Crippen molar-refractivity contribution in [2.75, 3.05) is 33.8 Å². The number of methoxy groups -OCH3 is 1. The molecule has 24 heavy (non-hydrogen) atoms. The number of ether oxygens (including phenoxy) is 1. The number of rotatable bonds is 6. The quantitative estimate of drug-likeness (QED) is 0.616.